The van der Waals surface area contributed by atoms with E-state index in [-0.39, 0.29) is 30.3 Å². The molecule has 7 heteroatoms. The number of carbonyl (C=O) groups excluding carboxylic acids is 1. The lowest BCUT2D eigenvalue weighted by atomic mass is 9.91. The minimum atomic E-state index is -3.51. The molecule has 0 aromatic heterocycles. The molecule has 5 nitrogen and oxygen atoms in total. The average Bonchev–Trinajstić information content (AvgIpc) is 2.53. The third-order valence-electron chi connectivity index (χ3n) is 4.47. The molecule has 24 heavy (non-hydrogen) atoms. The number of hydrogen-bond acceptors (Lipinski definition) is 3. The number of nitrogens with zero attached hydrogens (tertiary/aromatic N) is 1. The van der Waals surface area contributed by atoms with Crippen molar-refractivity contribution in [2.45, 2.75) is 38.5 Å². The summed E-state index contributed by atoms with van der Waals surface area (Å²) in [4.78, 5) is 14.0. The van der Waals surface area contributed by atoms with E-state index in [4.69, 9.17) is 5.14 Å². The molecule has 2 rings (SSSR count). The van der Waals surface area contributed by atoms with Crippen LogP contribution in [0.15, 0.2) is 24.3 Å². The number of primary sulfonamides is 1. The second-order valence-corrected chi connectivity index (χ2v) is 8.18. The van der Waals surface area contributed by atoms with Crippen LogP contribution in [-0.2, 0) is 21.2 Å². The Morgan fingerprint density at radius 2 is 2.08 bits per heavy atom. The van der Waals surface area contributed by atoms with Gasteiger partial charge in [0.25, 0.3) is 0 Å². The second-order valence-electron chi connectivity index (χ2n) is 6.45. The molecule has 1 aliphatic heterocycles. The molecule has 0 bridgehead atoms. The lowest BCUT2D eigenvalue weighted by Crippen LogP contribution is -2.40. The van der Waals surface area contributed by atoms with Crippen molar-refractivity contribution in [2.75, 3.05) is 18.8 Å². The summed E-state index contributed by atoms with van der Waals surface area (Å²) in [6.07, 6.45) is 3.95. The number of rotatable bonds is 7. The topological polar surface area (TPSA) is 80.5 Å². The van der Waals surface area contributed by atoms with Gasteiger partial charge in [0.15, 0.2) is 0 Å². The van der Waals surface area contributed by atoms with E-state index >= 15 is 0 Å². The fourth-order valence-electron chi connectivity index (χ4n) is 3.17. The van der Waals surface area contributed by atoms with Crippen molar-refractivity contribution in [1.82, 2.24) is 4.90 Å². The van der Waals surface area contributed by atoms with Gasteiger partial charge in [0.2, 0.25) is 15.9 Å². The molecule has 1 unspecified atom stereocenters. The highest BCUT2D eigenvalue weighted by atomic mass is 32.2. The molecule has 134 valence electrons. The summed E-state index contributed by atoms with van der Waals surface area (Å²) in [6.45, 7) is 1.38. The highest BCUT2D eigenvalue weighted by Gasteiger charge is 2.23. The highest BCUT2D eigenvalue weighted by Crippen LogP contribution is 2.23. The van der Waals surface area contributed by atoms with E-state index in [1.807, 2.05) is 6.07 Å². The summed E-state index contributed by atoms with van der Waals surface area (Å²) in [5, 5.41) is 4.95. The minimum Gasteiger partial charge on any atom is -0.342 e. The Kier molecular flexibility index (Phi) is 6.74. The van der Waals surface area contributed by atoms with Gasteiger partial charge >= 0.3 is 0 Å². The zero-order valence-corrected chi connectivity index (χ0v) is 14.6. The van der Waals surface area contributed by atoms with Gasteiger partial charge < -0.3 is 4.90 Å². The van der Waals surface area contributed by atoms with Crippen LogP contribution in [0.3, 0.4) is 0 Å². The van der Waals surface area contributed by atoms with Crippen LogP contribution in [-0.4, -0.2) is 38.1 Å². The summed E-state index contributed by atoms with van der Waals surface area (Å²) in [7, 11) is -3.51. The van der Waals surface area contributed by atoms with Crippen LogP contribution in [0.25, 0.3) is 0 Å². The van der Waals surface area contributed by atoms with E-state index in [1.54, 1.807) is 17.0 Å². The Labute approximate surface area is 143 Å². The van der Waals surface area contributed by atoms with E-state index in [2.05, 4.69) is 0 Å². The van der Waals surface area contributed by atoms with E-state index in [1.165, 1.54) is 6.07 Å². The number of nitrogens with two attached hydrogens (primary N) is 1. The van der Waals surface area contributed by atoms with Crippen molar-refractivity contribution < 1.29 is 17.6 Å². The standard InChI is InChI=1S/C17H25FN2O3S/c18-16-7-2-1-6-15(16)10-9-14-5-3-11-20(13-14)17(21)8-4-12-24(19,22)23/h1-2,6-7,14H,3-5,8-13H2,(H2,19,22,23). The second kappa shape index (κ2) is 8.58. The van der Waals surface area contributed by atoms with Crippen molar-refractivity contribution in [1.29, 1.82) is 0 Å². The Hall–Kier alpha value is -1.47. The van der Waals surface area contributed by atoms with Crippen LogP contribution in [0.1, 0.15) is 37.7 Å². The van der Waals surface area contributed by atoms with Gasteiger partial charge in [-0.25, -0.2) is 17.9 Å². The summed E-state index contributed by atoms with van der Waals surface area (Å²) in [6, 6.07) is 6.79. The Morgan fingerprint density at radius 1 is 1.33 bits per heavy atom. The number of hydrogen-bond donors (Lipinski definition) is 1. The molecule has 1 fully saturated rings. The molecule has 0 aliphatic carbocycles. The highest BCUT2D eigenvalue weighted by molar-refractivity contribution is 7.89. The van der Waals surface area contributed by atoms with Crippen molar-refractivity contribution in [3.8, 4) is 0 Å². The van der Waals surface area contributed by atoms with Gasteiger partial charge in [0.1, 0.15) is 5.82 Å². The molecule has 1 aliphatic rings. The molecular weight excluding hydrogens is 331 g/mol. The summed E-state index contributed by atoms with van der Waals surface area (Å²) in [5.74, 6) is 0.00236. The largest absolute Gasteiger partial charge is 0.342 e. The zero-order chi connectivity index (χ0) is 17.6. The molecule has 0 spiro atoms. The van der Waals surface area contributed by atoms with Gasteiger partial charge in [-0.15, -0.1) is 0 Å². The number of halogens is 1. The predicted molar refractivity (Wildman–Crippen MR) is 91.2 cm³/mol. The lowest BCUT2D eigenvalue weighted by molar-refractivity contribution is -0.133. The number of aryl methyl sites for hydroxylation is 1. The molecule has 2 N–H and O–H groups in total. The average molecular weight is 356 g/mol. The normalized spacial score (nSPS) is 18.6. The molecule has 1 aromatic carbocycles. The van der Waals surface area contributed by atoms with Crippen molar-refractivity contribution in [3.05, 3.63) is 35.6 Å². The maximum atomic E-state index is 13.7. The molecular formula is C17H25FN2O3S. The van der Waals surface area contributed by atoms with Crippen LogP contribution >= 0.6 is 0 Å². The third-order valence-corrected chi connectivity index (χ3v) is 5.33. The van der Waals surface area contributed by atoms with Crippen LogP contribution in [0.5, 0.6) is 0 Å². The number of likely N-dealkylation sites (tertiary alicyclic amines) is 1. The Balaban J connectivity index is 1.78. The smallest absolute Gasteiger partial charge is 0.222 e. The summed E-state index contributed by atoms with van der Waals surface area (Å²) in [5.41, 5.74) is 0.717. The minimum absolute atomic E-state index is 0.0192. The van der Waals surface area contributed by atoms with E-state index in [0.29, 0.717) is 31.0 Å². The third kappa shape index (κ3) is 6.20. The van der Waals surface area contributed by atoms with Crippen LogP contribution in [0.2, 0.25) is 0 Å². The van der Waals surface area contributed by atoms with Crippen LogP contribution < -0.4 is 5.14 Å². The van der Waals surface area contributed by atoms with Crippen LogP contribution in [0.4, 0.5) is 4.39 Å². The van der Waals surface area contributed by atoms with Crippen LogP contribution in [0, 0.1) is 11.7 Å². The number of piperidine rings is 1. The van der Waals surface area contributed by atoms with Crippen molar-refractivity contribution in [3.63, 3.8) is 0 Å². The fourth-order valence-corrected chi connectivity index (χ4v) is 3.72. The van der Waals surface area contributed by atoms with Crippen molar-refractivity contribution >= 4 is 15.9 Å². The van der Waals surface area contributed by atoms with Gasteiger partial charge in [0, 0.05) is 19.5 Å². The molecule has 1 atom stereocenters. The number of carbonyl (C=O) groups is 1. The monoisotopic (exact) mass is 356 g/mol. The molecule has 1 saturated heterocycles. The van der Waals surface area contributed by atoms with Gasteiger partial charge in [-0.05, 0) is 49.7 Å². The first kappa shape index (κ1) is 18.9. The van der Waals surface area contributed by atoms with Crippen molar-refractivity contribution in [2.24, 2.45) is 11.1 Å². The number of sulfonamides is 1. The first-order chi connectivity index (χ1) is 11.3. The molecule has 1 amide bonds. The number of amides is 1. The molecule has 0 saturated carbocycles. The lowest BCUT2D eigenvalue weighted by Gasteiger charge is -2.33. The van der Waals surface area contributed by atoms with E-state index in [0.717, 1.165) is 19.3 Å². The maximum Gasteiger partial charge on any atom is 0.222 e. The fraction of sp³-hybridized carbons (Fsp3) is 0.588. The molecule has 1 aromatic rings. The quantitative estimate of drug-likeness (QED) is 0.812. The van der Waals surface area contributed by atoms with Gasteiger partial charge in [0.05, 0.1) is 5.75 Å². The Morgan fingerprint density at radius 3 is 2.79 bits per heavy atom. The predicted octanol–water partition coefficient (Wildman–Crippen LogP) is 2.07. The first-order valence-electron chi connectivity index (χ1n) is 8.37. The summed E-state index contributed by atoms with van der Waals surface area (Å²) >= 11 is 0. The zero-order valence-electron chi connectivity index (χ0n) is 13.8. The maximum absolute atomic E-state index is 13.7. The van der Waals surface area contributed by atoms with Gasteiger partial charge in [-0.2, -0.15) is 0 Å². The molecule has 1 heterocycles. The molecule has 0 radical (unpaired) electrons. The Bertz CT molecular complexity index is 664. The van der Waals surface area contributed by atoms with Gasteiger partial charge in [-0.1, -0.05) is 18.2 Å². The van der Waals surface area contributed by atoms with Gasteiger partial charge in [-0.3, -0.25) is 4.79 Å². The summed E-state index contributed by atoms with van der Waals surface area (Å²) < 4.78 is 35.5. The van der Waals surface area contributed by atoms with E-state index < -0.39 is 10.0 Å². The SMILES string of the molecule is NS(=O)(=O)CCCC(=O)N1CCCC(CCc2ccccc2F)C1. The first-order valence-corrected chi connectivity index (χ1v) is 10.1. The van der Waals surface area contributed by atoms with E-state index in [9.17, 15) is 17.6 Å². The number of benzene rings is 1.